The molecule has 27 heavy (non-hydrogen) atoms. The Morgan fingerprint density at radius 1 is 0.852 bits per heavy atom. The van der Waals surface area contributed by atoms with Crippen LogP contribution >= 0.6 is 33.2 Å². The van der Waals surface area contributed by atoms with E-state index in [9.17, 15) is 0 Å². The average molecular weight is 453 g/mol. The lowest BCUT2D eigenvalue weighted by molar-refractivity contribution is 0.557. The molecule has 0 fully saturated rings. The molecule has 0 aliphatic heterocycles. The summed E-state index contributed by atoms with van der Waals surface area (Å²) in [6.07, 6.45) is 18.6. The van der Waals surface area contributed by atoms with Crippen molar-refractivity contribution >= 4 is 44.6 Å². The molecular weight excluding hydrogens is 417 g/mol. The third-order valence-corrected chi connectivity index (χ3v) is 7.66. The molecule has 0 saturated heterocycles. The van der Waals surface area contributed by atoms with Crippen LogP contribution in [0.15, 0.2) is 29.6 Å². The van der Waals surface area contributed by atoms with Crippen LogP contribution in [0.3, 0.4) is 0 Å². The van der Waals surface area contributed by atoms with Crippen LogP contribution in [0.2, 0.25) is 0 Å². The van der Waals surface area contributed by atoms with Crippen molar-refractivity contribution in [2.45, 2.75) is 90.5 Å². The van der Waals surface area contributed by atoms with Gasteiger partial charge in [-0.05, 0) is 37.8 Å². The van der Waals surface area contributed by atoms with Gasteiger partial charge in [-0.1, -0.05) is 58.3 Å². The number of rotatable bonds is 17. The first-order chi connectivity index (χ1) is 13.0. The van der Waals surface area contributed by atoms with E-state index in [1.807, 2.05) is 0 Å². The van der Waals surface area contributed by atoms with Crippen molar-refractivity contribution in [3.63, 3.8) is 0 Å². The molecule has 0 saturated carbocycles. The molecule has 3 nitrogen and oxygen atoms in total. The second kappa shape index (κ2) is 15.7. The topological polar surface area (TPSA) is 29.3 Å². The third-order valence-electron chi connectivity index (χ3n) is 4.68. The maximum Gasteiger partial charge on any atom is 0.389 e. The molecule has 0 aliphatic rings. The second-order valence-electron chi connectivity index (χ2n) is 7.17. The molecule has 1 aromatic rings. The Labute approximate surface area is 181 Å². The summed E-state index contributed by atoms with van der Waals surface area (Å²) in [5.41, 5.74) is 3.13. The highest BCUT2D eigenvalue weighted by Crippen LogP contribution is 2.25. The molecule has 0 amide bonds. The van der Waals surface area contributed by atoms with Crippen LogP contribution in [0, 0.1) is 0 Å². The molecule has 0 atom stereocenters. The number of unbranched alkanes of at least 4 members (excludes halogenated alkanes) is 9. The van der Waals surface area contributed by atoms with E-state index in [1.54, 1.807) is 0 Å². The zero-order valence-electron chi connectivity index (χ0n) is 16.7. The summed E-state index contributed by atoms with van der Waals surface area (Å²) in [6.45, 7) is 4.18. The van der Waals surface area contributed by atoms with E-state index in [1.165, 1.54) is 57.8 Å². The minimum Gasteiger partial charge on any atom is -0.354 e. The fourth-order valence-electron chi connectivity index (χ4n) is 3.03. The van der Waals surface area contributed by atoms with Gasteiger partial charge < -0.3 is 9.99 Å². The fraction of sp³-hybridized carbons (Fsp3) is 0.750. The number of halogens is 3. The van der Waals surface area contributed by atoms with Crippen molar-refractivity contribution in [2.75, 3.05) is 6.54 Å². The van der Waals surface area contributed by atoms with Crippen molar-refractivity contribution in [1.29, 1.82) is 0 Å². The molecule has 1 rings (SSSR count). The molecule has 0 aromatic carbocycles. The molecule has 0 aliphatic carbocycles. The number of aryl methyl sites for hydroxylation is 1. The molecule has 0 radical (unpaired) electrons. The fourth-order valence-corrected chi connectivity index (χ4v) is 4.93. The van der Waals surface area contributed by atoms with Gasteiger partial charge in [0.15, 0.2) is 0 Å². The smallest absolute Gasteiger partial charge is 0.354 e. The zero-order chi connectivity index (χ0) is 19.8. The van der Waals surface area contributed by atoms with E-state index >= 15 is 0 Å². The molecule has 0 spiro atoms. The molecule has 156 valence electrons. The van der Waals surface area contributed by atoms with Crippen molar-refractivity contribution in [2.24, 2.45) is 5.10 Å². The van der Waals surface area contributed by atoms with Gasteiger partial charge in [0.2, 0.25) is 0 Å². The van der Waals surface area contributed by atoms with E-state index in [4.69, 9.17) is 33.2 Å². The minimum atomic E-state index is -2.88. The second-order valence-corrected chi connectivity index (χ2v) is 15.6. The first-order valence-electron chi connectivity index (χ1n) is 10.5. The van der Waals surface area contributed by atoms with Crippen molar-refractivity contribution < 1.29 is 0 Å². The first kappa shape index (κ1) is 24.9. The summed E-state index contributed by atoms with van der Waals surface area (Å²) in [5, 5.41) is 5.20. The zero-order valence-corrected chi connectivity index (χ0v) is 20.0. The van der Waals surface area contributed by atoms with Crippen molar-refractivity contribution in [3.05, 3.63) is 24.5 Å². The monoisotopic (exact) mass is 451 g/mol. The van der Waals surface area contributed by atoms with Crippen LogP contribution in [-0.2, 0) is 6.54 Å². The van der Waals surface area contributed by atoms with E-state index in [-0.39, 0.29) is 0 Å². The van der Waals surface area contributed by atoms with Crippen LogP contribution in [0.1, 0.15) is 84.0 Å². The Kier molecular flexibility index (Phi) is 14.5. The van der Waals surface area contributed by atoms with Crippen molar-refractivity contribution in [3.8, 4) is 0 Å². The maximum atomic E-state index is 6.21. The Morgan fingerprint density at radius 3 is 2.11 bits per heavy atom. The summed E-state index contributed by atoms with van der Waals surface area (Å²) < 4.78 is 2.23. The summed E-state index contributed by atoms with van der Waals surface area (Å²) in [7, 11) is 0. The summed E-state index contributed by atoms with van der Waals surface area (Å²) in [6, 6.07) is 1.26. The molecule has 1 N–H and O–H groups in total. The van der Waals surface area contributed by atoms with Crippen LogP contribution in [0.5, 0.6) is 0 Å². The van der Waals surface area contributed by atoms with Crippen LogP contribution in [0.25, 0.3) is 0 Å². The van der Waals surface area contributed by atoms with Gasteiger partial charge in [-0.25, -0.2) is 0 Å². The Hall–Kier alpha value is -0.163. The Balaban J connectivity index is 2.09. The third kappa shape index (κ3) is 13.6. The number of aromatic nitrogens is 1. The highest BCUT2D eigenvalue weighted by atomic mass is 35.8. The van der Waals surface area contributed by atoms with E-state index in [2.05, 4.69) is 46.5 Å². The molecular formula is C20H36Cl3N3Si. The first-order valence-corrected chi connectivity index (χ1v) is 15.5. The van der Waals surface area contributed by atoms with Gasteiger partial charge >= 0.3 is 6.00 Å². The highest BCUT2D eigenvalue weighted by molar-refractivity contribution is 7.75. The predicted octanol–water partition coefficient (Wildman–Crippen LogP) is 7.33. The minimum absolute atomic E-state index is 0.772. The molecule has 7 heteroatoms. The van der Waals surface area contributed by atoms with Crippen molar-refractivity contribution in [1.82, 2.24) is 9.99 Å². The number of hydrazone groups is 1. The molecule has 1 heterocycles. The summed E-state index contributed by atoms with van der Waals surface area (Å²) >= 11 is 18.6. The maximum absolute atomic E-state index is 6.21. The van der Waals surface area contributed by atoms with Gasteiger partial charge in [0.1, 0.15) is 0 Å². The van der Waals surface area contributed by atoms with Gasteiger partial charge in [0, 0.05) is 25.5 Å². The van der Waals surface area contributed by atoms with Gasteiger partial charge in [-0.3, -0.25) is 0 Å². The van der Waals surface area contributed by atoms with Gasteiger partial charge in [-0.15, -0.1) is 33.2 Å². The molecule has 0 unspecified atom stereocenters. The van der Waals surface area contributed by atoms with Gasteiger partial charge in [0.25, 0.3) is 0 Å². The lowest BCUT2D eigenvalue weighted by Gasteiger charge is -2.13. The van der Waals surface area contributed by atoms with Crippen LogP contribution in [-0.4, -0.2) is 22.5 Å². The van der Waals surface area contributed by atoms with E-state index in [0.717, 1.165) is 37.7 Å². The van der Waals surface area contributed by atoms with Crippen LogP contribution < -0.4 is 5.43 Å². The lowest BCUT2D eigenvalue weighted by Crippen LogP contribution is -2.28. The molecule has 1 aromatic heterocycles. The highest BCUT2D eigenvalue weighted by Gasteiger charge is 2.32. The largest absolute Gasteiger partial charge is 0.389 e. The number of nitrogens with zero attached hydrogens (tertiary/aromatic N) is 2. The van der Waals surface area contributed by atoms with Gasteiger partial charge in [-0.2, -0.15) is 5.10 Å². The van der Waals surface area contributed by atoms with Crippen LogP contribution in [0.4, 0.5) is 0 Å². The number of hydrogen-bond acceptors (Lipinski definition) is 2. The Morgan fingerprint density at radius 2 is 1.44 bits per heavy atom. The number of nitrogens with one attached hydrogen (secondary N) is 1. The predicted molar refractivity (Wildman–Crippen MR) is 124 cm³/mol. The van der Waals surface area contributed by atoms with E-state index < -0.39 is 6.00 Å². The quantitative estimate of drug-likeness (QED) is 0.0865. The Bertz CT molecular complexity index is 487. The molecule has 0 bridgehead atoms. The number of hydrogen-bond donors (Lipinski definition) is 1. The summed E-state index contributed by atoms with van der Waals surface area (Å²) in [4.78, 5) is 0. The van der Waals surface area contributed by atoms with Gasteiger partial charge in [0.05, 0.1) is 5.33 Å². The van der Waals surface area contributed by atoms with E-state index in [0.29, 0.717) is 0 Å². The SMILES string of the molecule is CCCCCCCCCC(=NNCCCCCCn1cccc1)[Si](Cl)(Cl)Cl. The normalized spacial score (nSPS) is 12.5. The standard InChI is InChI=1S/C20H36Cl3N3Si/c1-2-3-4-5-6-7-10-15-20(27(21,22)23)25-24-16-11-8-9-12-17-26-18-13-14-19-26/h13-14,18-19,24H,2-12,15-17H2,1H3. The summed E-state index contributed by atoms with van der Waals surface area (Å²) in [5.74, 6) is 0. The average Bonchev–Trinajstić information content (AvgIpc) is 3.13. The lowest BCUT2D eigenvalue weighted by atomic mass is 10.1.